The Hall–Kier alpha value is -0.420. The minimum Gasteiger partial charge on any atom is -0.322 e. The zero-order chi connectivity index (χ0) is 11.6. The van der Waals surface area contributed by atoms with Gasteiger partial charge in [-0.3, -0.25) is 4.79 Å². The molecule has 0 radical (unpaired) electrons. The molecule has 1 rings (SSSR count). The highest BCUT2D eigenvalue weighted by atomic mass is 32.2. The fourth-order valence-electron chi connectivity index (χ4n) is 2.16. The number of hydrogen-bond acceptors (Lipinski definition) is 4. The van der Waals surface area contributed by atoms with E-state index in [0.29, 0.717) is 12.8 Å². The third-order valence-electron chi connectivity index (χ3n) is 3.08. The number of ketones is 1. The topological polar surface area (TPSA) is 77.2 Å². The summed E-state index contributed by atoms with van der Waals surface area (Å²) < 4.78 is 22.8. The van der Waals surface area contributed by atoms with Crippen LogP contribution in [0.15, 0.2) is 0 Å². The van der Waals surface area contributed by atoms with Gasteiger partial charge in [0.2, 0.25) is 0 Å². The van der Waals surface area contributed by atoms with E-state index in [1.807, 2.05) is 0 Å². The zero-order valence-electron chi connectivity index (χ0n) is 9.27. The Kier molecular flexibility index (Phi) is 3.89. The van der Waals surface area contributed by atoms with Crippen LogP contribution in [0.25, 0.3) is 0 Å². The first-order chi connectivity index (χ1) is 6.82. The lowest BCUT2D eigenvalue weighted by molar-refractivity contribution is -0.124. The Labute approximate surface area is 91.1 Å². The number of hydrogen-bond donors (Lipinski definition) is 1. The Morgan fingerprint density at radius 2 is 2.00 bits per heavy atom. The van der Waals surface area contributed by atoms with Crippen LogP contribution in [0.5, 0.6) is 0 Å². The SMILES string of the molecule is C[C@@H](N)C(=O)C1CCCC(S(C)(=O)=O)C1. The molecule has 88 valence electrons. The highest BCUT2D eigenvalue weighted by molar-refractivity contribution is 7.91. The zero-order valence-corrected chi connectivity index (χ0v) is 10.1. The lowest BCUT2D eigenvalue weighted by Crippen LogP contribution is -2.38. The first kappa shape index (κ1) is 12.6. The molecule has 0 saturated heterocycles. The van der Waals surface area contributed by atoms with Crippen molar-refractivity contribution in [3.8, 4) is 0 Å². The summed E-state index contributed by atoms with van der Waals surface area (Å²) in [5, 5.41) is -0.348. The molecule has 0 amide bonds. The van der Waals surface area contributed by atoms with E-state index in [9.17, 15) is 13.2 Å². The van der Waals surface area contributed by atoms with Gasteiger partial charge in [0.15, 0.2) is 5.78 Å². The molecule has 0 aliphatic heterocycles. The molecular weight excluding hydrogens is 214 g/mol. The van der Waals surface area contributed by atoms with Gasteiger partial charge in [-0.05, 0) is 26.2 Å². The lowest BCUT2D eigenvalue weighted by atomic mass is 9.84. The number of Topliss-reactive ketones (excluding diaryl/α,β-unsaturated/α-hetero) is 1. The molecule has 1 saturated carbocycles. The van der Waals surface area contributed by atoms with Gasteiger partial charge in [-0.1, -0.05) is 6.42 Å². The molecule has 1 fully saturated rings. The maximum atomic E-state index is 11.7. The van der Waals surface area contributed by atoms with Gasteiger partial charge in [0.1, 0.15) is 9.84 Å². The quantitative estimate of drug-likeness (QED) is 0.770. The molecule has 2 N–H and O–H groups in total. The molecule has 0 aromatic heterocycles. The molecule has 0 aromatic carbocycles. The average molecular weight is 233 g/mol. The number of rotatable bonds is 3. The molecule has 0 bridgehead atoms. The fourth-order valence-corrected chi connectivity index (χ4v) is 3.34. The van der Waals surface area contributed by atoms with E-state index in [0.717, 1.165) is 12.8 Å². The monoisotopic (exact) mass is 233 g/mol. The Balaban J connectivity index is 2.69. The van der Waals surface area contributed by atoms with Crippen molar-refractivity contribution in [3.05, 3.63) is 0 Å². The van der Waals surface area contributed by atoms with Gasteiger partial charge in [0.05, 0.1) is 11.3 Å². The molecule has 0 spiro atoms. The third kappa shape index (κ3) is 3.28. The van der Waals surface area contributed by atoms with Crippen molar-refractivity contribution >= 4 is 15.6 Å². The van der Waals surface area contributed by atoms with E-state index < -0.39 is 15.9 Å². The van der Waals surface area contributed by atoms with Crippen LogP contribution in [0, 0.1) is 5.92 Å². The van der Waals surface area contributed by atoms with Crippen LogP contribution in [0.2, 0.25) is 0 Å². The minimum absolute atomic E-state index is 0.00310. The van der Waals surface area contributed by atoms with Crippen molar-refractivity contribution in [1.29, 1.82) is 0 Å². The summed E-state index contributed by atoms with van der Waals surface area (Å²) in [6.45, 7) is 1.66. The molecule has 4 nitrogen and oxygen atoms in total. The van der Waals surface area contributed by atoms with E-state index in [-0.39, 0.29) is 17.0 Å². The van der Waals surface area contributed by atoms with E-state index in [1.54, 1.807) is 6.92 Å². The van der Waals surface area contributed by atoms with E-state index in [4.69, 9.17) is 5.73 Å². The number of sulfone groups is 1. The van der Waals surface area contributed by atoms with E-state index in [1.165, 1.54) is 6.26 Å². The van der Waals surface area contributed by atoms with Crippen molar-refractivity contribution in [2.75, 3.05) is 6.26 Å². The van der Waals surface area contributed by atoms with Crippen molar-refractivity contribution < 1.29 is 13.2 Å². The maximum absolute atomic E-state index is 11.7. The Morgan fingerprint density at radius 3 is 2.47 bits per heavy atom. The van der Waals surface area contributed by atoms with Crippen molar-refractivity contribution in [3.63, 3.8) is 0 Å². The highest BCUT2D eigenvalue weighted by Crippen LogP contribution is 2.29. The summed E-state index contributed by atoms with van der Waals surface area (Å²) in [5.74, 6) is -0.151. The molecule has 1 aliphatic rings. The van der Waals surface area contributed by atoms with Crippen LogP contribution in [0.3, 0.4) is 0 Å². The van der Waals surface area contributed by atoms with Crippen molar-refractivity contribution in [1.82, 2.24) is 0 Å². The van der Waals surface area contributed by atoms with Gasteiger partial charge in [0.25, 0.3) is 0 Å². The average Bonchev–Trinajstić information content (AvgIpc) is 2.15. The fraction of sp³-hybridized carbons (Fsp3) is 0.900. The number of carbonyl (C=O) groups is 1. The lowest BCUT2D eigenvalue weighted by Gasteiger charge is -2.27. The largest absolute Gasteiger partial charge is 0.322 e. The van der Waals surface area contributed by atoms with Gasteiger partial charge < -0.3 is 5.73 Å². The predicted octanol–water partition coefficient (Wildman–Crippen LogP) is 0.506. The van der Waals surface area contributed by atoms with Crippen LogP contribution in [0.1, 0.15) is 32.6 Å². The smallest absolute Gasteiger partial charge is 0.152 e. The predicted molar refractivity (Wildman–Crippen MR) is 59.2 cm³/mol. The van der Waals surface area contributed by atoms with Gasteiger partial charge in [0, 0.05) is 12.2 Å². The first-order valence-electron chi connectivity index (χ1n) is 5.30. The summed E-state index contributed by atoms with van der Waals surface area (Å²) >= 11 is 0. The summed E-state index contributed by atoms with van der Waals surface area (Å²) in [5.41, 5.74) is 5.52. The van der Waals surface area contributed by atoms with Crippen LogP contribution in [-0.2, 0) is 14.6 Å². The maximum Gasteiger partial charge on any atom is 0.152 e. The minimum atomic E-state index is -3.01. The van der Waals surface area contributed by atoms with Crippen LogP contribution >= 0.6 is 0 Å². The summed E-state index contributed by atoms with van der Waals surface area (Å²) in [6.07, 6.45) is 3.98. The Morgan fingerprint density at radius 1 is 1.40 bits per heavy atom. The van der Waals surface area contributed by atoms with E-state index in [2.05, 4.69) is 0 Å². The normalized spacial score (nSPS) is 29.8. The van der Waals surface area contributed by atoms with Crippen molar-refractivity contribution in [2.24, 2.45) is 11.7 Å². The van der Waals surface area contributed by atoms with Crippen LogP contribution in [-0.4, -0.2) is 31.7 Å². The summed E-state index contributed by atoms with van der Waals surface area (Å²) in [7, 11) is -3.01. The third-order valence-corrected chi connectivity index (χ3v) is 4.72. The Bertz CT molecular complexity index is 335. The molecule has 5 heteroatoms. The van der Waals surface area contributed by atoms with E-state index >= 15 is 0 Å². The molecule has 3 atom stereocenters. The van der Waals surface area contributed by atoms with Crippen molar-refractivity contribution in [2.45, 2.75) is 43.9 Å². The van der Waals surface area contributed by atoms with Crippen LogP contribution < -0.4 is 5.73 Å². The highest BCUT2D eigenvalue weighted by Gasteiger charge is 2.33. The number of carbonyl (C=O) groups excluding carboxylic acids is 1. The van der Waals surface area contributed by atoms with Gasteiger partial charge in [-0.25, -0.2) is 8.42 Å². The van der Waals surface area contributed by atoms with Crippen LogP contribution in [0.4, 0.5) is 0 Å². The van der Waals surface area contributed by atoms with Gasteiger partial charge in [-0.2, -0.15) is 0 Å². The standard InChI is InChI=1S/C10H19NO3S/c1-7(11)10(12)8-4-3-5-9(6-8)15(2,13)14/h7-9H,3-6,11H2,1-2H3/t7-,8?,9?/m1/s1. The summed E-state index contributed by atoms with van der Waals surface area (Å²) in [4.78, 5) is 11.7. The molecule has 0 heterocycles. The second-order valence-electron chi connectivity index (χ2n) is 4.51. The second kappa shape index (κ2) is 4.61. The molecule has 1 aliphatic carbocycles. The molecule has 0 aromatic rings. The molecular formula is C10H19NO3S. The molecule has 2 unspecified atom stereocenters. The molecule has 15 heavy (non-hydrogen) atoms. The second-order valence-corrected chi connectivity index (χ2v) is 6.83. The first-order valence-corrected chi connectivity index (χ1v) is 7.26. The summed E-state index contributed by atoms with van der Waals surface area (Å²) in [6, 6.07) is -0.478. The van der Waals surface area contributed by atoms with Gasteiger partial charge >= 0.3 is 0 Å². The van der Waals surface area contributed by atoms with Gasteiger partial charge in [-0.15, -0.1) is 0 Å². The number of nitrogens with two attached hydrogens (primary N) is 1.